The van der Waals surface area contributed by atoms with Crippen molar-refractivity contribution in [3.8, 4) is 0 Å². The van der Waals surface area contributed by atoms with Gasteiger partial charge < -0.3 is 9.73 Å². The van der Waals surface area contributed by atoms with Crippen LogP contribution in [-0.4, -0.2) is 5.54 Å². The number of benzene rings is 1. The summed E-state index contributed by atoms with van der Waals surface area (Å²) in [6.07, 6.45) is 3.33. The average molecular weight is 259 g/mol. The van der Waals surface area contributed by atoms with Gasteiger partial charge in [0.2, 0.25) is 0 Å². The molecule has 19 heavy (non-hydrogen) atoms. The van der Waals surface area contributed by atoms with E-state index in [1.807, 2.05) is 6.07 Å². The molecule has 1 heterocycles. The molecule has 2 nitrogen and oxygen atoms in total. The molecule has 104 valence electrons. The van der Waals surface area contributed by atoms with Gasteiger partial charge in [-0.2, -0.15) is 0 Å². The highest BCUT2D eigenvalue weighted by molar-refractivity contribution is 5.82. The summed E-state index contributed by atoms with van der Waals surface area (Å²) in [6.45, 7) is 9.80. The molecule has 0 fully saturated rings. The Morgan fingerprint density at radius 3 is 2.58 bits per heavy atom. The average Bonchev–Trinajstić information content (AvgIpc) is 2.74. The lowest BCUT2D eigenvalue weighted by Crippen LogP contribution is -2.38. The summed E-state index contributed by atoms with van der Waals surface area (Å²) >= 11 is 0. The van der Waals surface area contributed by atoms with Crippen molar-refractivity contribution in [2.45, 2.75) is 59.0 Å². The van der Waals surface area contributed by atoms with Crippen molar-refractivity contribution in [3.63, 3.8) is 0 Å². The van der Waals surface area contributed by atoms with Gasteiger partial charge in [-0.3, -0.25) is 0 Å². The van der Waals surface area contributed by atoms with Crippen LogP contribution in [-0.2, 0) is 13.0 Å². The number of rotatable bonds is 6. The highest BCUT2D eigenvalue weighted by atomic mass is 16.3. The van der Waals surface area contributed by atoms with Crippen LogP contribution in [0, 0.1) is 0 Å². The van der Waals surface area contributed by atoms with E-state index < -0.39 is 0 Å². The normalized spacial score (nSPS) is 12.2. The van der Waals surface area contributed by atoms with Crippen LogP contribution in [0.4, 0.5) is 0 Å². The number of nitrogens with one attached hydrogen (secondary N) is 1. The molecular formula is C17H25NO. The number of furan rings is 1. The molecular weight excluding hydrogens is 234 g/mol. The van der Waals surface area contributed by atoms with Gasteiger partial charge in [-0.1, -0.05) is 38.5 Å². The fourth-order valence-corrected chi connectivity index (χ4v) is 2.67. The summed E-state index contributed by atoms with van der Waals surface area (Å²) in [5.74, 6) is 1.11. The zero-order valence-electron chi connectivity index (χ0n) is 12.5. The Balaban J connectivity index is 2.24. The smallest absolute Gasteiger partial charge is 0.134 e. The molecule has 1 aromatic heterocycles. The van der Waals surface area contributed by atoms with Crippen LogP contribution in [0.5, 0.6) is 0 Å². The summed E-state index contributed by atoms with van der Waals surface area (Å²) in [5, 5.41) is 4.92. The van der Waals surface area contributed by atoms with Crippen molar-refractivity contribution in [2.24, 2.45) is 0 Å². The fraction of sp³-hybridized carbons (Fsp3) is 0.529. The molecule has 1 N–H and O–H groups in total. The van der Waals surface area contributed by atoms with E-state index in [2.05, 4.69) is 51.2 Å². The Morgan fingerprint density at radius 2 is 1.89 bits per heavy atom. The van der Waals surface area contributed by atoms with Gasteiger partial charge in [0, 0.05) is 29.5 Å². The second kappa shape index (κ2) is 5.79. The standard InChI is InChI=1S/C17H25NO/c1-5-11-17(3,4)18-12-14-13-9-7-8-10-16(13)19-15(14)6-2/h7-10,18H,5-6,11-12H2,1-4H3. The summed E-state index contributed by atoms with van der Waals surface area (Å²) in [5.41, 5.74) is 2.50. The van der Waals surface area contributed by atoms with Crippen molar-refractivity contribution in [1.29, 1.82) is 0 Å². The molecule has 0 amide bonds. The quantitative estimate of drug-likeness (QED) is 0.816. The van der Waals surface area contributed by atoms with Crippen LogP contribution < -0.4 is 5.32 Å². The van der Waals surface area contributed by atoms with Gasteiger partial charge in [-0.15, -0.1) is 0 Å². The third kappa shape index (κ3) is 3.19. The molecule has 0 bridgehead atoms. The van der Waals surface area contributed by atoms with Gasteiger partial charge in [0.05, 0.1) is 0 Å². The van der Waals surface area contributed by atoms with E-state index in [9.17, 15) is 0 Å². The first-order valence-corrected chi connectivity index (χ1v) is 7.31. The molecule has 1 aromatic carbocycles. The SMILES string of the molecule is CCCC(C)(C)NCc1c(CC)oc2ccccc12. The molecule has 2 heteroatoms. The van der Waals surface area contributed by atoms with E-state index in [4.69, 9.17) is 4.42 Å². The maximum absolute atomic E-state index is 5.93. The van der Waals surface area contributed by atoms with Crippen LogP contribution in [0.15, 0.2) is 28.7 Å². The third-order valence-corrected chi connectivity index (χ3v) is 3.72. The Bertz CT molecular complexity index is 539. The highest BCUT2D eigenvalue weighted by Crippen LogP contribution is 2.27. The molecule has 0 saturated carbocycles. The summed E-state index contributed by atoms with van der Waals surface area (Å²) in [4.78, 5) is 0. The van der Waals surface area contributed by atoms with Gasteiger partial charge in [0.25, 0.3) is 0 Å². The van der Waals surface area contributed by atoms with Crippen molar-refractivity contribution < 1.29 is 4.42 Å². The number of para-hydroxylation sites is 1. The zero-order chi connectivity index (χ0) is 13.9. The van der Waals surface area contributed by atoms with E-state index in [0.29, 0.717) is 0 Å². The van der Waals surface area contributed by atoms with Gasteiger partial charge in [-0.05, 0) is 26.3 Å². The fourth-order valence-electron chi connectivity index (χ4n) is 2.67. The van der Waals surface area contributed by atoms with Crippen molar-refractivity contribution in [2.75, 3.05) is 0 Å². The first-order chi connectivity index (χ1) is 9.07. The van der Waals surface area contributed by atoms with Gasteiger partial charge >= 0.3 is 0 Å². The van der Waals surface area contributed by atoms with Crippen LogP contribution in [0.25, 0.3) is 11.0 Å². The summed E-state index contributed by atoms with van der Waals surface area (Å²) < 4.78 is 5.93. The number of hydrogen-bond acceptors (Lipinski definition) is 2. The maximum Gasteiger partial charge on any atom is 0.134 e. The number of fused-ring (bicyclic) bond motifs is 1. The monoisotopic (exact) mass is 259 g/mol. The van der Waals surface area contributed by atoms with Crippen LogP contribution in [0.2, 0.25) is 0 Å². The van der Waals surface area contributed by atoms with E-state index in [1.165, 1.54) is 23.8 Å². The molecule has 0 saturated heterocycles. The van der Waals surface area contributed by atoms with E-state index in [-0.39, 0.29) is 5.54 Å². The molecule has 0 spiro atoms. The van der Waals surface area contributed by atoms with Crippen molar-refractivity contribution >= 4 is 11.0 Å². The lowest BCUT2D eigenvalue weighted by Gasteiger charge is -2.26. The van der Waals surface area contributed by atoms with Crippen LogP contribution >= 0.6 is 0 Å². The Kier molecular flexibility index (Phi) is 4.31. The highest BCUT2D eigenvalue weighted by Gasteiger charge is 2.18. The lowest BCUT2D eigenvalue weighted by atomic mass is 9.98. The zero-order valence-corrected chi connectivity index (χ0v) is 12.5. The van der Waals surface area contributed by atoms with Crippen molar-refractivity contribution in [3.05, 3.63) is 35.6 Å². The predicted octanol–water partition coefficient (Wildman–Crippen LogP) is 4.66. The molecule has 0 aliphatic rings. The molecule has 0 atom stereocenters. The van der Waals surface area contributed by atoms with Crippen LogP contribution in [0.1, 0.15) is 51.9 Å². The maximum atomic E-state index is 5.93. The minimum absolute atomic E-state index is 0.179. The lowest BCUT2D eigenvalue weighted by molar-refractivity contribution is 0.355. The second-order valence-electron chi connectivity index (χ2n) is 5.84. The van der Waals surface area contributed by atoms with Crippen molar-refractivity contribution in [1.82, 2.24) is 5.32 Å². The van der Waals surface area contributed by atoms with E-state index >= 15 is 0 Å². The summed E-state index contributed by atoms with van der Waals surface area (Å²) in [6, 6.07) is 8.32. The largest absolute Gasteiger partial charge is 0.461 e. The van der Waals surface area contributed by atoms with Gasteiger partial charge in [0.15, 0.2) is 0 Å². The molecule has 0 radical (unpaired) electrons. The van der Waals surface area contributed by atoms with Crippen LogP contribution in [0.3, 0.4) is 0 Å². The molecule has 0 aliphatic heterocycles. The topological polar surface area (TPSA) is 25.2 Å². The minimum Gasteiger partial charge on any atom is -0.461 e. The third-order valence-electron chi connectivity index (χ3n) is 3.72. The summed E-state index contributed by atoms with van der Waals surface area (Å²) in [7, 11) is 0. The molecule has 0 unspecified atom stereocenters. The number of aryl methyl sites for hydroxylation is 1. The van der Waals surface area contributed by atoms with E-state index in [1.54, 1.807) is 0 Å². The molecule has 2 aromatic rings. The van der Waals surface area contributed by atoms with Gasteiger partial charge in [-0.25, -0.2) is 0 Å². The Morgan fingerprint density at radius 1 is 1.16 bits per heavy atom. The molecule has 0 aliphatic carbocycles. The van der Waals surface area contributed by atoms with E-state index in [0.717, 1.165) is 24.3 Å². The minimum atomic E-state index is 0.179. The Hall–Kier alpha value is -1.28. The second-order valence-corrected chi connectivity index (χ2v) is 5.84. The predicted molar refractivity (Wildman–Crippen MR) is 81.4 cm³/mol. The number of hydrogen-bond donors (Lipinski definition) is 1. The Labute approximate surface area is 116 Å². The van der Waals surface area contributed by atoms with Gasteiger partial charge in [0.1, 0.15) is 11.3 Å². The first-order valence-electron chi connectivity index (χ1n) is 7.31. The first kappa shape index (κ1) is 14.1. The molecule has 2 rings (SSSR count).